The van der Waals surface area contributed by atoms with Crippen LogP contribution in [0.25, 0.3) is 5.78 Å². The van der Waals surface area contributed by atoms with E-state index in [0.717, 1.165) is 0 Å². The van der Waals surface area contributed by atoms with Crippen LogP contribution < -0.4 is 0 Å². The molecule has 66 valence electrons. The number of carboxylic acids is 1. The average Bonchev–Trinajstić information content (AvgIpc) is 2.48. The Bertz CT molecular complexity index is 450. The maximum atomic E-state index is 10.4. The number of carboxylic acid groups (broad SMARTS) is 1. The van der Waals surface area contributed by atoms with Gasteiger partial charge in [-0.15, -0.1) is 0 Å². The molecule has 0 unspecified atom stereocenters. The van der Waals surface area contributed by atoms with Crippen LogP contribution in [-0.4, -0.2) is 30.7 Å². The summed E-state index contributed by atoms with van der Waals surface area (Å²) in [5, 5.41) is 12.5. The van der Waals surface area contributed by atoms with Gasteiger partial charge in [0.05, 0.1) is 30.7 Å². The van der Waals surface area contributed by atoms with E-state index in [-0.39, 0.29) is 6.42 Å². The molecule has 0 saturated carbocycles. The van der Waals surface area contributed by atoms with Gasteiger partial charge in [0.1, 0.15) is 0 Å². The minimum atomic E-state index is -0.910. The van der Waals surface area contributed by atoms with Crippen LogP contribution in [0.15, 0.2) is 18.6 Å². The molecule has 2 aromatic rings. The average molecular weight is 178 g/mol. The van der Waals surface area contributed by atoms with Crippen molar-refractivity contribution >= 4 is 11.7 Å². The molecule has 0 spiro atoms. The van der Waals surface area contributed by atoms with Crippen molar-refractivity contribution < 1.29 is 9.90 Å². The highest BCUT2D eigenvalue weighted by Crippen LogP contribution is 2.01. The highest BCUT2D eigenvalue weighted by molar-refractivity contribution is 5.69. The largest absolute Gasteiger partial charge is 0.481 e. The van der Waals surface area contributed by atoms with E-state index >= 15 is 0 Å². The smallest absolute Gasteiger partial charge is 0.309 e. The van der Waals surface area contributed by atoms with Crippen molar-refractivity contribution in [3.8, 4) is 0 Å². The van der Waals surface area contributed by atoms with Crippen molar-refractivity contribution in [3.63, 3.8) is 0 Å². The Morgan fingerprint density at radius 1 is 1.46 bits per heavy atom. The number of nitrogens with zero attached hydrogens (tertiary/aromatic N) is 4. The van der Waals surface area contributed by atoms with E-state index < -0.39 is 5.97 Å². The van der Waals surface area contributed by atoms with Crippen LogP contribution in [0, 0.1) is 0 Å². The molecule has 0 amide bonds. The summed E-state index contributed by atoms with van der Waals surface area (Å²) in [5.74, 6) is -0.494. The summed E-state index contributed by atoms with van der Waals surface area (Å²) in [4.78, 5) is 18.2. The number of hydrogen-bond acceptors (Lipinski definition) is 4. The summed E-state index contributed by atoms with van der Waals surface area (Å²) in [7, 11) is 0. The summed E-state index contributed by atoms with van der Waals surface area (Å²) in [6.07, 6.45) is 4.36. The minimum absolute atomic E-state index is 0.0974. The Kier molecular flexibility index (Phi) is 1.66. The van der Waals surface area contributed by atoms with Gasteiger partial charge in [-0.3, -0.25) is 4.79 Å². The first kappa shape index (κ1) is 7.66. The first-order valence-corrected chi connectivity index (χ1v) is 3.63. The third-order valence-corrected chi connectivity index (χ3v) is 1.56. The summed E-state index contributed by atoms with van der Waals surface area (Å²) in [5.41, 5.74) is 0.524. The summed E-state index contributed by atoms with van der Waals surface area (Å²) in [6.45, 7) is 0. The molecule has 2 rings (SSSR count). The van der Waals surface area contributed by atoms with E-state index in [1.165, 1.54) is 23.1 Å². The van der Waals surface area contributed by atoms with Crippen molar-refractivity contribution in [2.75, 3.05) is 0 Å². The molecule has 0 bridgehead atoms. The van der Waals surface area contributed by atoms with Gasteiger partial charge in [-0.25, -0.2) is 14.5 Å². The molecule has 0 aliphatic rings. The van der Waals surface area contributed by atoms with Crippen molar-refractivity contribution in [1.82, 2.24) is 19.6 Å². The minimum Gasteiger partial charge on any atom is -0.481 e. The van der Waals surface area contributed by atoms with Crippen molar-refractivity contribution in [2.45, 2.75) is 6.42 Å². The lowest BCUT2D eigenvalue weighted by molar-refractivity contribution is -0.136. The first-order valence-electron chi connectivity index (χ1n) is 3.63. The fourth-order valence-electron chi connectivity index (χ4n) is 1.06. The van der Waals surface area contributed by atoms with Crippen LogP contribution in [0.2, 0.25) is 0 Å². The van der Waals surface area contributed by atoms with E-state index in [0.29, 0.717) is 11.5 Å². The Morgan fingerprint density at radius 3 is 3.08 bits per heavy atom. The van der Waals surface area contributed by atoms with E-state index in [9.17, 15) is 4.79 Å². The van der Waals surface area contributed by atoms with Crippen LogP contribution in [0.3, 0.4) is 0 Å². The topological polar surface area (TPSA) is 80.4 Å². The molecule has 0 aliphatic heterocycles. The molecule has 1 N–H and O–H groups in total. The normalized spacial score (nSPS) is 10.5. The van der Waals surface area contributed by atoms with E-state index in [1.807, 2.05) is 0 Å². The molecule has 13 heavy (non-hydrogen) atoms. The monoisotopic (exact) mass is 178 g/mol. The van der Waals surface area contributed by atoms with Gasteiger partial charge in [0.25, 0.3) is 5.78 Å². The molecule has 0 aromatic carbocycles. The van der Waals surface area contributed by atoms with Gasteiger partial charge in [0.15, 0.2) is 0 Å². The quantitative estimate of drug-likeness (QED) is 0.685. The lowest BCUT2D eigenvalue weighted by atomic mass is 10.3. The summed E-state index contributed by atoms with van der Waals surface area (Å²) in [6, 6.07) is 0. The number of fused-ring (bicyclic) bond motifs is 1. The second kappa shape index (κ2) is 2.81. The fraction of sp³-hybridized carbons (Fsp3) is 0.143. The Hall–Kier alpha value is -1.98. The van der Waals surface area contributed by atoms with Gasteiger partial charge in [-0.1, -0.05) is 0 Å². The van der Waals surface area contributed by atoms with Crippen LogP contribution in [0.4, 0.5) is 0 Å². The highest BCUT2D eigenvalue weighted by Gasteiger charge is 2.07. The van der Waals surface area contributed by atoms with Gasteiger partial charge in [0, 0.05) is 0 Å². The maximum Gasteiger partial charge on any atom is 0.309 e. The molecule has 0 radical (unpaired) electrons. The first-order chi connectivity index (χ1) is 6.27. The van der Waals surface area contributed by atoms with E-state index in [4.69, 9.17) is 5.11 Å². The van der Waals surface area contributed by atoms with Crippen LogP contribution in [0.5, 0.6) is 0 Å². The Morgan fingerprint density at radius 2 is 2.31 bits per heavy atom. The van der Waals surface area contributed by atoms with Crippen LogP contribution in [-0.2, 0) is 11.2 Å². The fourth-order valence-corrected chi connectivity index (χ4v) is 1.06. The summed E-state index contributed by atoms with van der Waals surface area (Å²) >= 11 is 0. The zero-order chi connectivity index (χ0) is 9.26. The third-order valence-electron chi connectivity index (χ3n) is 1.56. The Labute approximate surface area is 72.9 Å². The second-order valence-electron chi connectivity index (χ2n) is 2.47. The second-order valence-corrected chi connectivity index (χ2v) is 2.47. The lowest BCUT2D eigenvalue weighted by Crippen LogP contribution is -2.05. The van der Waals surface area contributed by atoms with Crippen molar-refractivity contribution in [2.24, 2.45) is 0 Å². The molecule has 0 aliphatic carbocycles. The molecule has 6 nitrogen and oxygen atoms in total. The molecular formula is C7H6N4O2. The highest BCUT2D eigenvalue weighted by atomic mass is 16.4. The molecule has 2 aromatic heterocycles. The predicted molar refractivity (Wildman–Crippen MR) is 42.1 cm³/mol. The predicted octanol–water partition coefficient (Wildman–Crippen LogP) is -0.249. The molecular weight excluding hydrogens is 172 g/mol. The molecule has 0 atom stereocenters. The molecule has 0 saturated heterocycles. The standard InChI is InChI=1S/C7H6N4O2/c12-6(13)3-5-4-9-7-8-1-2-10-11(5)7/h1-2,4H,3H2,(H,12,13). The van der Waals surface area contributed by atoms with Crippen LogP contribution in [0.1, 0.15) is 5.69 Å². The molecule has 0 fully saturated rings. The number of imidazole rings is 1. The zero-order valence-electron chi connectivity index (χ0n) is 6.58. The summed E-state index contributed by atoms with van der Waals surface area (Å²) < 4.78 is 1.41. The van der Waals surface area contributed by atoms with Gasteiger partial charge in [0.2, 0.25) is 0 Å². The van der Waals surface area contributed by atoms with Gasteiger partial charge in [-0.05, 0) is 0 Å². The SMILES string of the molecule is O=C(O)Cc1cnc2nccnn12. The lowest BCUT2D eigenvalue weighted by Gasteiger charge is -1.94. The third kappa shape index (κ3) is 1.33. The van der Waals surface area contributed by atoms with Crippen LogP contribution >= 0.6 is 0 Å². The number of rotatable bonds is 2. The molecule has 2 heterocycles. The van der Waals surface area contributed by atoms with Crippen molar-refractivity contribution in [1.29, 1.82) is 0 Å². The van der Waals surface area contributed by atoms with E-state index in [1.54, 1.807) is 0 Å². The zero-order valence-corrected chi connectivity index (χ0v) is 6.58. The number of carbonyl (C=O) groups is 1. The maximum absolute atomic E-state index is 10.4. The molecule has 6 heteroatoms. The van der Waals surface area contributed by atoms with Gasteiger partial charge < -0.3 is 5.11 Å². The number of aliphatic carboxylic acids is 1. The Balaban J connectivity index is 2.51. The van der Waals surface area contributed by atoms with Crippen molar-refractivity contribution in [3.05, 3.63) is 24.3 Å². The number of aromatic nitrogens is 4. The van der Waals surface area contributed by atoms with E-state index in [2.05, 4.69) is 15.1 Å². The van der Waals surface area contributed by atoms with Gasteiger partial charge >= 0.3 is 5.97 Å². The number of hydrogen-bond donors (Lipinski definition) is 1. The van der Waals surface area contributed by atoms with Gasteiger partial charge in [-0.2, -0.15) is 5.10 Å².